The minimum absolute atomic E-state index is 0.438. The highest BCUT2D eigenvalue weighted by atomic mass is 17.2. The van der Waals surface area contributed by atoms with E-state index in [-0.39, 0.29) is 0 Å². The second-order valence-corrected chi connectivity index (χ2v) is 4.92. The number of benzene rings is 2. The number of hydrogen-bond acceptors (Lipinski definition) is 3. The summed E-state index contributed by atoms with van der Waals surface area (Å²) in [6, 6.07) is 19.1. The van der Waals surface area contributed by atoms with Crippen LogP contribution in [0.5, 0.6) is 0 Å². The summed E-state index contributed by atoms with van der Waals surface area (Å²) in [5, 5.41) is 0. The van der Waals surface area contributed by atoms with Gasteiger partial charge in [0.2, 0.25) is 0 Å². The first-order valence-electron chi connectivity index (χ1n) is 7.64. The molecule has 0 aliphatic carbocycles. The molecule has 0 fully saturated rings. The average Bonchev–Trinajstić information content (AvgIpc) is 2.56. The van der Waals surface area contributed by atoms with Gasteiger partial charge in [-0.3, -0.25) is 4.89 Å². The Bertz CT molecular complexity index is 509. The van der Waals surface area contributed by atoms with Crippen LogP contribution in [0.25, 0.3) is 0 Å². The lowest BCUT2D eigenvalue weighted by Crippen LogP contribution is -2.06. The van der Waals surface area contributed by atoms with Crippen LogP contribution in [0, 0.1) is 6.92 Å². The smallest absolute Gasteiger partial charge is 0.293 e. The van der Waals surface area contributed by atoms with Crippen molar-refractivity contribution in [2.75, 3.05) is 6.61 Å². The van der Waals surface area contributed by atoms with Crippen LogP contribution in [0.15, 0.2) is 60.7 Å². The lowest BCUT2D eigenvalue weighted by molar-refractivity contribution is -0.241. The molecule has 3 heteroatoms. The molecule has 0 spiro atoms. The van der Waals surface area contributed by atoms with Crippen molar-refractivity contribution in [3.8, 4) is 0 Å². The Balaban J connectivity index is 0.000000287. The maximum absolute atomic E-state index is 11.3. The van der Waals surface area contributed by atoms with Crippen LogP contribution in [-0.2, 0) is 9.78 Å². The van der Waals surface area contributed by atoms with E-state index in [1.54, 1.807) is 24.3 Å². The Morgan fingerprint density at radius 3 is 2.00 bits per heavy atom. The fourth-order valence-electron chi connectivity index (χ4n) is 1.66. The fourth-order valence-corrected chi connectivity index (χ4v) is 1.66. The summed E-state index contributed by atoms with van der Waals surface area (Å²) >= 11 is 0. The van der Waals surface area contributed by atoms with Crippen LogP contribution >= 0.6 is 0 Å². The van der Waals surface area contributed by atoms with Gasteiger partial charge in [-0.05, 0) is 25.5 Å². The maximum Gasteiger partial charge on any atom is 0.373 e. The van der Waals surface area contributed by atoms with Crippen LogP contribution < -0.4 is 0 Å². The van der Waals surface area contributed by atoms with Gasteiger partial charge in [-0.1, -0.05) is 73.9 Å². The molecule has 0 unspecified atom stereocenters. The van der Waals surface area contributed by atoms with Gasteiger partial charge >= 0.3 is 5.97 Å². The molecule has 22 heavy (non-hydrogen) atoms. The van der Waals surface area contributed by atoms with Gasteiger partial charge in [0.15, 0.2) is 0 Å². The lowest BCUT2D eigenvalue weighted by atomic mass is 10.2. The lowest BCUT2D eigenvalue weighted by Gasteiger charge is -2.02. The van der Waals surface area contributed by atoms with Gasteiger partial charge in [0.05, 0.1) is 12.2 Å². The first-order chi connectivity index (χ1) is 10.7. The first-order valence-corrected chi connectivity index (χ1v) is 7.64. The van der Waals surface area contributed by atoms with Gasteiger partial charge in [0, 0.05) is 0 Å². The summed E-state index contributed by atoms with van der Waals surface area (Å²) in [7, 11) is 0. The zero-order valence-corrected chi connectivity index (χ0v) is 13.3. The molecule has 0 amide bonds. The van der Waals surface area contributed by atoms with E-state index in [2.05, 4.69) is 30.9 Å². The second kappa shape index (κ2) is 11.5. The van der Waals surface area contributed by atoms with Gasteiger partial charge in [-0.15, -0.1) is 0 Å². The van der Waals surface area contributed by atoms with Crippen molar-refractivity contribution >= 4 is 5.97 Å². The molecule has 0 aliphatic heterocycles. The van der Waals surface area contributed by atoms with Crippen molar-refractivity contribution in [1.29, 1.82) is 0 Å². The Kier molecular flexibility index (Phi) is 9.38. The van der Waals surface area contributed by atoms with Gasteiger partial charge in [-0.2, -0.15) is 4.89 Å². The highest BCUT2D eigenvalue weighted by Crippen LogP contribution is 2.02. The Morgan fingerprint density at radius 2 is 1.50 bits per heavy atom. The van der Waals surface area contributed by atoms with E-state index in [9.17, 15) is 4.79 Å². The predicted molar refractivity (Wildman–Crippen MR) is 88.5 cm³/mol. The summed E-state index contributed by atoms with van der Waals surface area (Å²) in [5.74, 6) is -0.438. The predicted octanol–water partition coefficient (Wildman–Crippen LogP) is 4.96. The van der Waals surface area contributed by atoms with Crippen molar-refractivity contribution in [3.63, 3.8) is 0 Å². The van der Waals surface area contributed by atoms with E-state index in [0.717, 1.165) is 19.3 Å². The Labute approximate surface area is 132 Å². The summed E-state index contributed by atoms with van der Waals surface area (Å²) in [6.45, 7) is 4.66. The number of rotatable bonds is 6. The maximum atomic E-state index is 11.3. The first kappa shape index (κ1) is 17.9. The largest absolute Gasteiger partial charge is 0.373 e. The van der Waals surface area contributed by atoms with E-state index in [0.29, 0.717) is 12.2 Å². The van der Waals surface area contributed by atoms with Crippen LogP contribution in [0.4, 0.5) is 0 Å². The minimum atomic E-state index is -0.438. The number of hydrogen-bond donors (Lipinski definition) is 0. The van der Waals surface area contributed by atoms with Crippen LogP contribution in [-0.4, -0.2) is 12.6 Å². The summed E-state index contributed by atoms with van der Waals surface area (Å²) < 4.78 is 0. The van der Waals surface area contributed by atoms with E-state index < -0.39 is 5.97 Å². The van der Waals surface area contributed by atoms with Gasteiger partial charge in [-0.25, -0.2) is 4.79 Å². The second-order valence-electron chi connectivity index (χ2n) is 4.92. The molecule has 0 aliphatic rings. The number of carbonyl (C=O) groups excluding carboxylic acids is 1. The topological polar surface area (TPSA) is 35.5 Å². The molecule has 2 aromatic carbocycles. The summed E-state index contributed by atoms with van der Waals surface area (Å²) in [5.41, 5.74) is 1.83. The molecule has 3 nitrogen and oxygen atoms in total. The van der Waals surface area contributed by atoms with Crippen LogP contribution in [0.1, 0.15) is 42.1 Å². The average molecular weight is 300 g/mol. The fraction of sp³-hybridized carbons (Fsp3) is 0.316. The standard InChI is InChI=1S/C12H16O3.C7H8/c1-2-3-7-10-14-15-12(13)11-8-5-4-6-9-11;1-7-5-3-2-4-6-7/h4-6,8-9H,2-3,7,10H2,1H3;2-6H,1H3. The molecule has 2 aromatic rings. The third-order valence-electron chi connectivity index (χ3n) is 2.92. The SMILES string of the molecule is CCCCCOOC(=O)c1ccccc1.Cc1ccccc1. The van der Waals surface area contributed by atoms with Gasteiger partial charge < -0.3 is 0 Å². The minimum Gasteiger partial charge on any atom is -0.293 e. The zero-order chi connectivity index (χ0) is 16.0. The van der Waals surface area contributed by atoms with Crippen molar-refractivity contribution < 1.29 is 14.6 Å². The molecule has 2 rings (SSSR count). The van der Waals surface area contributed by atoms with E-state index in [4.69, 9.17) is 4.89 Å². The van der Waals surface area contributed by atoms with Crippen molar-refractivity contribution in [2.24, 2.45) is 0 Å². The van der Waals surface area contributed by atoms with Crippen LogP contribution in [0.3, 0.4) is 0 Å². The van der Waals surface area contributed by atoms with E-state index >= 15 is 0 Å². The Hall–Kier alpha value is -2.13. The highest BCUT2D eigenvalue weighted by molar-refractivity contribution is 5.88. The molecule has 0 bridgehead atoms. The molecule has 0 aromatic heterocycles. The molecule has 0 atom stereocenters. The molecule has 0 heterocycles. The zero-order valence-electron chi connectivity index (χ0n) is 13.3. The molecule has 0 N–H and O–H groups in total. The molecule has 0 radical (unpaired) electrons. The normalized spacial score (nSPS) is 9.55. The van der Waals surface area contributed by atoms with Crippen LogP contribution in [0.2, 0.25) is 0 Å². The molecule has 0 saturated heterocycles. The van der Waals surface area contributed by atoms with Crippen molar-refractivity contribution in [3.05, 3.63) is 71.8 Å². The molecular weight excluding hydrogens is 276 g/mol. The van der Waals surface area contributed by atoms with Crippen molar-refractivity contribution in [2.45, 2.75) is 33.1 Å². The number of carbonyl (C=O) groups is 1. The number of unbranched alkanes of at least 4 members (excludes halogenated alkanes) is 2. The van der Waals surface area contributed by atoms with E-state index in [1.807, 2.05) is 24.3 Å². The van der Waals surface area contributed by atoms with E-state index in [1.165, 1.54) is 5.56 Å². The Morgan fingerprint density at radius 1 is 0.909 bits per heavy atom. The van der Waals surface area contributed by atoms with Gasteiger partial charge in [0.1, 0.15) is 0 Å². The third kappa shape index (κ3) is 8.22. The monoisotopic (exact) mass is 300 g/mol. The number of aryl methyl sites for hydroxylation is 1. The summed E-state index contributed by atoms with van der Waals surface area (Å²) in [4.78, 5) is 20.8. The quantitative estimate of drug-likeness (QED) is 0.429. The molecule has 0 saturated carbocycles. The molecular formula is C19H24O3. The molecule has 118 valence electrons. The highest BCUT2D eigenvalue weighted by Gasteiger charge is 2.06. The van der Waals surface area contributed by atoms with Crippen molar-refractivity contribution in [1.82, 2.24) is 0 Å². The van der Waals surface area contributed by atoms with Gasteiger partial charge in [0.25, 0.3) is 0 Å². The third-order valence-corrected chi connectivity index (χ3v) is 2.92. The summed E-state index contributed by atoms with van der Waals surface area (Å²) in [6.07, 6.45) is 3.12.